The summed E-state index contributed by atoms with van der Waals surface area (Å²) in [5.74, 6) is -1.57. The number of rotatable bonds is 5. The summed E-state index contributed by atoms with van der Waals surface area (Å²) in [6.45, 7) is 1.78. The number of carboxylic acid groups (broad SMARTS) is 1. The predicted octanol–water partition coefficient (Wildman–Crippen LogP) is 2.44. The molecule has 3 N–H and O–H groups in total. The molecule has 1 unspecified atom stereocenters. The van der Waals surface area contributed by atoms with Gasteiger partial charge in [0.15, 0.2) is 0 Å². The number of aliphatic carboxylic acids is 1. The fraction of sp³-hybridized carbons (Fsp3) is 0.308. The van der Waals surface area contributed by atoms with Crippen molar-refractivity contribution in [3.05, 3.63) is 28.8 Å². The van der Waals surface area contributed by atoms with Crippen LogP contribution in [0.5, 0.6) is 0 Å². The molecule has 20 heavy (non-hydrogen) atoms. The van der Waals surface area contributed by atoms with Gasteiger partial charge < -0.3 is 15.7 Å². The second kappa shape index (κ2) is 7.36. The van der Waals surface area contributed by atoms with Crippen LogP contribution in [0.1, 0.15) is 18.9 Å². The molecule has 7 heteroatoms. The first-order valence-electron chi connectivity index (χ1n) is 5.95. The Labute approximate surface area is 121 Å². The Morgan fingerprint density at radius 3 is 2.70 bits per heavy atom. The molecule has 0 saturated carbocycles. The number of urea groups is 1. The van der Waals surface area contributed by atoms with Crippen molar-refractivity contribution in [3.8, 4) is 6.07 Å². The van der Waals surface area contributed by atoms with Gasteiger partial charge in [0.2, 0.25) is 0 Å². The Hall–Kier alpha value is -2.26. The minimum atomic E-state index is -0.950. The standard InChI is InChI=1S/C13H14ClN3O3/c1-2-8(12(18)19)7-16-13(20)17-10-4-3-9(6-15)11(14)5-10/h3-5,8H,2,7H2,1H3,(H,18,19)(H2,16,17,20). The minimum Gasteiger partial charge on any atom is -0.481 e. The van der Waals surface area contributed by atoms with E-state index in [1.54, 1.807) is 13.0 Å². The van der Waals surface area contributed by atoms with Gasteiger partial charge >= 0.3 is 12.0 Å². The van der Waals surface area contributed by atoms with Crippen molar-refractivity contribution < 1.29 is 14.7 Å². The van der Waals surface area contributed by atoms with E-state index in [0.717, 1.165) is 0 Å². The van der Waals surface area contributed by atoms with Crippen LogP contribution in [-0.4, -0.2) is 23.7 Å². The number of carbonyl (C=O) groups is 2. The third kappa shape index (κ3) is 4.44. The maximum absolute atomic E-state index is 11.6. The number of benzene rings is 1. The van der Waals surface area contributed by atoms with Gasteiger partial charge in [0.05, 0.1) is 16.5 Å². The van der Waals surface area contributed by atoms with Crippen LogP contribution in [0.15, 0.2) is 18.2 Å². The fourth-order valence-electron chi connectivity index (χ4n) is 1.48. The molecule has 0 aliphatic heterocycles. The van der Waals surface area contributed by atoms with Crippen LogP contribution in [0.25, 0.3) is 0 Å². The lowest BCUT2D eigenvalue weighted by Crippen LogP contribution is -2.35. The zero-order valence-electron chi connectivity index (χ0n) is 10.8. The van der Waals surface area contributed by atoms with Gasteiger partial charge in [-0.25, -0.2) is 4.79 Å². The smallest absolute Gasteiger partial charge is 0.319 e. The van der Waals surface area contributed by atoms with Gasteiger partial charge in [-0.1, -0.05) is 18.5 Å². The third-order valence-electron chi connectivity index (χ3n) is 2.70. The predicted molar refractivity (Wildman–Crippen MR) is 74.6 cm³/mol. The Kier molecular flexibility index (Phi) is 5.81. The molecule has 0 aliphatic carbocycles. The van der Waals surface area contributed by atoms with E-state index in [1.807, 2.05) is 6.07 Å². The van der Waals surface area contributed by atoms with Crippen LogP contribution in [0.2, 0.25) is 5.02 Å². The quantitative estimate of drug-likeness (QED) is 0.776. The zero-order chi connectivity index (χ0) is 15.1. The van der Waals surface area contributed by atoms with Crippen LogP contribution in [0.4, 0.5) is 10.5 Å². The normalized spacial score (nSPS) is 11.2. The molecule has 6 nitrogen and oxygen atoms in total. The first-order chi connectivity index (χ1) is 9.47. The van der Waals surface area contributed by atoms with Crippen molar-refractivity contribution in [2.75, 3.05) is 11.9 Å². The number of anilines is 1. The summed E-state index contributed by atoms with van der Waals surface area (Å²) in [6.07, 6.45) is 0.429. The highest BCUT2D eigenvalue weighted by Crippen LogP contribution is 2.20. The van der Waals surface area contributed by atoms with Crippen molar-refractivity contribution in [2.45, 2.75) is 13.3 Å². The van der Waals surface area contributed by atoms with Gasteiger partial charge in [-0.3, -0.25) is 4.79 Å². The molecule has 0 saturated heterocycles. The second-order valence-corrected chi connectivity index (χ2v) is 4.49. The maximum Gasteiger partial charge on any atom is 0.319 e. The second-order valence-electron chi connectivity index (χ2n) is 4.08. The molecule has 0 spiro atoms. The molecule has 0 radical (unpaired) electrons. The fourth-order valence-corrected chi connectivity index (χ4v) is 1.70. The van der Waals surface area contributed by atoms with Crippen molar-refractivity contribution in [1.82, 2.24) is 5.32 Å². The summed E-state index contributed by atoms with van der Waals surface area (Å²) >= 11 is 5.83. The van der Waals surface area contributed by atoms with Crippen molar-refractivity contribution >= 4 is 29.3 Å². The average Bonchev–Trinajstić information content (AvgIpc) is 2.39. The first kappa shape index (κ1) is 15.8. The SMILES string of the molecule is CCC(CNC(=O)Nc1ccc(C#N)c(Cl)c1)C(=O)O. The Bertz CT molecular complexity index is 554. The van der Waals surface area contributed by atoms with Crippen LogP contribution >= 0.6 is 11.6 Å². The largest absolute Gasteiger partial charge is 0.481 e. The average molecular weight is 296 g/mol. The molecular formula is C13H14ClN3O3. The van der Waals surface area contributed by atoms with Crippen molar-refractivity contribution in [3.63, 3.8) is 0 Å². The Morgan fingerprint density at radius 2 is 2.20 bits per heavy atom. The van der Waals surface area contributed by atoms with E-state index < -0.39 is 17.9 Å². The molecule has 0 bridgehead atoms. The van der Waals surface area contributed by atoms with E-state index in [2.05, 4.69) is 10.6 Å². The van der Waals surface area contributed by atoms with Gasteiger partial charge in [-0.05, 0) is 24.6 Å². The van der Waals surface area contributed by atoms with Gasteiger partial charge in [0.25, 0.3) is 0 Å². The van der Waals surface area contributed by atoms with Crippen molar-refractivity contribution in [1.29, 1.82) is 5.26 Å². The lowest BCUT2D eigenvalue weighted by atomic mass is 10.1. The van der Waals surface area contributed by atoms with Crippen LogP contribution in [-0.2, 0) is 4.79 Å². The lowest BCUT2D eigenvalue weighted by molar-refractivity contribution is -0.141. The van der Waals surface area contributed by atoms with Gasteiger partial charge in [-0.15, -0.1) is 0 Å². The summed E-state index contributed by atoms with van der Waals surface area (Å²) in [5, 5.41) is 22.8. The summed E-state index contributed by atoms with van der Waals surface area (Å²) in [4.78, 5) is 22.4. The van der Waals surface area contributed by atoms with E-state index >= 15 is 0 Å². The Morgan fingerprint density at radius 1 is 1.50 bits per heavy atom. The van der Waals surface area contributed by atoms with Gasteiger partial charge in [-0.2, -0.15) is 5.26 Å². The number of hydrogen-bond donors (Lipinski definition) is 3. The van der Waals surface area contributed by atoms with E-state index in [9.17, 15) is 9.59 Å². The number of carbonyl (C=O) groups excluding carboxylic acids is 1. The number of nitriles is 1. The number of halogens is 1. The number of amides is 2. The molecule has 1 aromatic carbocycles. The summed E-state index contributed by atoms with van der Waals surface area (Å²) < 4.78 is 0. The lowest BCUT2D eigenvalue weighted by Gasteiger charge is -2.12. The topological polar surface area (TPSA) is 102 Å². The maximum atomic E-state index is 11.6. The number of carboxylic acids is 1. The number of hydrogen-bond acceptors (Lipinski definition) is 3. The molecule has 0 fully saturated rings. The summed E-state index contributed by atoms with van der Waals surface area (Å²) in [5.41, 5.74) is 0.740. The van der Waals surface area contributed by atoms with E-state index in [0.29, 0.717) is 17.7 Å². The van der Waals surface area contributed by atoms with Gasteiger partial charge in [0.1, 0.15) is 6.07 Å². The third-order valence-corrected chi connectivity index (χ3v) is 3.01. The molecule has 0 aliphatic rings. The molecular weight excluding hydrogens is 282 g/mol. The molecule has 0 aromatic heterocycles. The van der Waals surface area contributed by atoms with E-state index in [-0.39, 0.29) is 11.6 Å². The Balaban J connectivity index is 2.57. The van der Waals surface area contributed by atoms with Crippen LogP contribution in [0.3, 0.4) is 0 Å². The number of nitrogens with zero attached hydrogens (tertiary/aromatic N) is 1. The van der Waals surface area contributed by atoms with Crippen molar-refractivity contribution in [2.24, 2.45) is 5.92 Å². The molecule has 1 rings (SSSR count). The van der Waals surface area contributed by atoms with E-state index in [1.165, 1.54) is 12.1 Å². The van der Waals surface area contributed by atoms with Crippen LogP contribution in [0, 0.1) is 17.2 Å². The highest BCUT2D eigenvalue weighted by Gasteiger charge is 2.15. The summed E-state index contributed by atoms with van der Waals surface area (Å²) in [7, 11) is 0. The monoisotopic (exact) mass is 295 g/mol. The van der Waals surface area contributed by atoms with E-state index in [4.69, 9.17) is 22.0 Å². The molecule has 0 heterocycles. The molecule has 1 aromatic rings. The number of nitrogens with one attached hydrogen (secondary N) is 2. The zero-order valence-corrected chi connectivity index (χ0v) is 11.6. The molecule has 1 atom stereocenters. The van der Waals surface area contributed by atoms with Crippen LogP contribution < -0.4 is 10.6 Å². The highest BCUT2D eigenvalue weighted by atomic mass is 35.5. The molecule has 2 amide bonds. The summed E-state index contributed by atoms with van der Waals surface area (Å²) in [6, 6.07) is 5.87. The first-order valence-corrected chi connectivity index (χ1v) is 6.33. The minimum absolute atomic E-state index is 0.0433. The van der Waals surface area contributed by atoms with Gasteiger partial charge in [0, 0.05) is 12.2 Å². The molecule has 106 valence electrons. The highest BCUT2D eigenvalue weighted by molar-refractivity contribution is 6.32.